The molecule has 0 spiro atoms. The predicted octanol–water partition coefficient (Wildman–Crippen LogP) is 1.66. The lowest BCUT2D eigenvalue weighted by atomic mass is 9.92. The lowest BCUT2D eigenvalue weighted by Gasteiger charge is -2.26. The van der Waals surface area contributed by atoms with Crippen LogP contribution in [0.4, 0.5) is 0 Å². The Balaban J connectivity index is 1.99. The van der Waals surface area contributed by atoms with Gasteiger partial charge in [-0.05, 0) is 30.5 Å². The second-order valence-corrected chi connectivity index (χ2v) is 6.95. The van der Waals surface area contributed by atoms with Crippen molar-refractivity contribution in [1.82, 2.24) is 5.32 Å². The number of hydrogen-bond acceptors (Lipinski definition) is 4. The smallest absolute Gasteiger partial charge is 0.336 e. The van der Waals surface area contributed by atoms with Gasteiger partial charge >= 0.3 is 5.97 Å². The van der Waals surface area contributed by atoms with Gasteiger partial charge in [-0.15, -0.1) is 0 Å². The average molecular weight is 293 g/mol. The number of carboxylic acids is 1. The molecule has 0 amide bonds. The van der Waals surface area contributed by atoms with Crippen molar-refractivity contribution in [2.24, 2.45) is 0 Å². The van der Waals surface area contributed by atoms with E-state index in [0.717, 1.165) is 12.8 Å². The van der Waals surface area contributed by atoms with Crippen LogP contribution in [0, 0.1) is 0 Å². The minimum Gasteiger partial charge on any atom is -0.478 e. The minimum atomic E-state index is -3.51. The van der Waals surface area contributed by atoms with Crippen molar-refractivity contribution in [3.63, 3.8) is 0 Å². The Labute approximate surface area is 117 Å². The first-order chi connectivity index (χ1) is 9.49. The second kappa shape index (κ2) is 4.71. The van der Waals surface area contributed by atoms with Crippen LogP contribution in [0.3, 0.4) is 0 Å². The van der Waals surface area contributed by atoms with Crippen LogP contribution < -0.4 is 5.32 Å². The first-order valence-corrected chi connectivity index (χ1v) is 8.09. The van der Waals surface area contributed by atoms with Crippen LogP contribution in [-0.4, -0.2) is 32.1 Å². The van der Waals surface area contributed by atoms with E-state index in [1.807, 2.05) is 0 Å². The topological polar surface area (TPSA) is 83.5 Å². The first-order valence-electron chi connectivity index (χ1n) is 6.55. The highest BCUT2D eigenvalue weighted by Gasteiger charge is 2.31. The number of sulfone groups is 1. The summed E-state index contributed by atoms with van der Waals surface area (Å²) in [6, 6.07) is 4.79. The lowest BCUT2D eigenvalue weighted by molar-refractivity contribution is 0.0696. The van der Waals surface area contributed by atoms with Crippen LogP contribution in [0.1, 0.15) is 35.2 Å². The summed E-state index contributed by atoms with van der Waals surface area (Å²) in [5.41, 5.74) is 0.932. The van der Waals surface area contributed by atoms with Gasteiger partial charge < -0.3 is 10.4 Å². The van der Waals surface area contributed by atoms with Crippen LogP contribution >= 0.6 is 0 Å². The molecule has 3 rings (SSSR count). The molecule has 1 heterocycles. The van der Waals surface area contributed by atoms with Crippen molar-refractivity contribution in [3.05, 3.63) is 34.7 Å². The molecule has 1 fully saturated rings. The Morgan fingerprint density at radius 2 is 2.10 bits per heavy atom. The fourth-order valence-corrected chi connectivity index (χ4v) is 4.08. The normalized spacial score (nSPS) is 20.1. The van der Waals surface area contributed by atoms with Crippen LogP contribution in [0.25, 0.3) is 5.57 Å². The number of hydrogen-bond donors (Lipinski definition) is 2. The number of carbonyl (C=O) groups is 1. The molecule has 1 aliphatic heterocycles. The van der Waals surface area contributed by atoms with E-state index in [-0.39, 0.29) is 10.5 Å². The molecule has 0 unspecified atom stereocenters. The molecule has 1 saturated carbocycles. The number of carboxylic acid groups (broad SMARTS) is 1. The summed E-state index contributed by atoms with van der Waals surface area (Å²) in [6.45, 7) is 0.390. The molecule has 2 aliphatic rings. The maximum Gasteiger partial charge on any atom is 0.336 e. The zero-order chi connectivity index (χ0) is 14.3. The van der Waals surface area contributed by atoms with Gasteiger partial charge in [0.25, 0.3) is 0 Å². The number of aromatic carboxylic acids is 1. The van der Waals surface area contributed by atoms with E-state index in [4.69, 9.17) is 0 Å². The fourth-order valence-electron chi connectivity index (χ4n) is 2.58. The van der Waals surface area contributed by atoms with Gasteiger partial charge in [-0.25, -0.2) is 13.2 Å². The monoisotopic (exact) mass is 293 g/mol. The zero-order valence-corrected chi connectivity index (χ0v) is 11.6. The largest absolute Gasteiger partial charge is 0.478 e. The molecule has 2 N–H and O–H groups in total. The Morgan fingerprint density at radius 1 is 1.35 bits per heavy atom. The predicted molar refractivity (Wildman–Crippen MR) is 74.2 cm³/mol. The Hall–Kier alpha value is -1.66. The van der Waals surface area contributed by atoms with Crippen molar-refractivity contribution in [2.75, 3.05) is 6.54 Å². The van der Waals surface area contributed by atoms with Crippen molar-refractivity contribution < 1.29 is 18.3 Å². The van der Waals surface area contributed by atoms with Gasteiger partial charge in [0.05, 0.1) is 10.5 Å². The molecule has 5 nitrogen and oxygen atoms in total. The SMILES string of the molecule is O=C(O)c1cccc2c1C(CNC1CCC1)=CS2(=O)=O. The maximum atomic E-state index is 12.1. The van der Waals surface area contributed by atoms with E-state index < -0.39 is 15.8 Å². The van der Waals surface area contributed by atoms with Crippen LogP contribution in [0.2, 0.25) is 0 Å². The second-order valence-electron chi connectivity index (χ2n) is 5.18. The lowest BCUT2D eigenvalue weighted by Crippen LogP contribution is -2.36. The van der Waals surface area contributed by atoms with E-state index in [9.17, 15) is 18.3 Å². The summed E-state index contributed by atoms with van der Waals surface area (Å²) in [4.78, 5) is 11.4. The van der Waals surface area contributed by atoms with Crippen LogP contribution in [-0.2, 0) is 9.84 Å². The molecular formula is C14H15NO4S. The number of rotatable bonds is 4. The van der Waals surface area contributed by atoms with E-state index in [0.29, 0.717) is 23.7 Å². The molecule has 0 atom stereocenters. The Kier molecular flexibility index (Phi) is 3.14. The van der Waals surface area contributed by atoms with Crippen molar-refractivity contribution >= 4 is 21.4 Å². The average Bonchev–Trinajstić information content (AvgIpc) is 2.59. The van der Waals surface area contributed by atoms with Crippen molar-refractivity contribution in [1.29, 1.82) is 0 Å². The molecule has 0 aromatic heterocycles. The molecule has 1 aromatic carbocycles. The molecule has 6 heteroatoms. The fraction of sp³-hybridized carbons (Fsp3) is 0.357. The molecule has 0 bridgehead atoms. The first kappa shape index (κ1) is 13.3. The third kappa shape index (κ3) is 2.14. The summed E-state index contributed by atoms with van der Waals surface area (Å²) in [5.74, 6) is -1.10. The van der Waals surface area contributed by atoms with Gasteiger partial charge in [0.15, 0.2) is 0 Å². The van der Waals surface area contributed by atoms with E-state index >= 15 is 0 Å². The third-order valence-corrected chi connectivity index (χ3v) is 5.42. The van der Waals surface area contributed by atoms with Crippen molar-refractivity contribution in [3.8, 4) is 0 Å². The van der Waals surface area contributed by atoms with Gasteiger partial charge in [-0.2, -0.15) is 0 Å². The standard InChI is InChI=1S/C14H15NO4S/c16-14(17)11-5-2-6-12-13(11)9(8-20(12,18)19)7-15-10-3-1-4-10/h2,5-6,8,10,15H,1,3-4,7H2,(H,16,17). The summed E-state index contributed by atoms with van der Waals surface area (Å²) < 4.78 is 24.1. The maximum absolute atomic E-state index is 12.1. The molecule has 20 heavy (non-hydrogen) atoms. The van der Waals surface area contributed by atoms with Crippen molar-refractivity contribution in [2.45, 2.75) is 30.2 Å². The molecule has 0 radical (unpaired) electrons. The summed E-state index contributed by atoms with van der Waals surface area (Å²) in [5, 5.41) is 13.7. The summed E-state index contributed by atoms with van der Waals surface area (Å²) in [7, 11) is -3.51. The Bertz CT molecular complexity index is 702. The highest BCUT2D eigenvalue weighted by Crippen LogP contribution is 2.35. The van der Waals surface area contributed by atoms with Gasteiger partial charge in [0, 0.05) is 23.6 Å². The Morgan fingerprint density at radius 3 is 2.70 bits per heavy atom. The number of fused-ring (bicyclic) bond motifs is 1. The van der Waals surface area contributed by atoms with Gasteiger partial charge in [0.1, 0.15) is 0 Å². The number of nitrogens with one attached hydrogen (secondary N) is 1. The van der Waals surface area contributed by atoms with Crippen LogP contribution in [0.15, 0.2) is 28.5 Å². The van der Waals surface area contributed by atoms with E-state index in [2.05, 4.69) is 5.32 Å². The third-order valence-electron chi connectivity index (χ3n) is 3.87. The molecule has 1 aliphatic carbocycles. The van der Waals surface area contributed by atoms with Gasteiger partial charge in [-0.1, -0.05) is 12.5 Å². The zero-order valence-electron chi connectivity index (χ0n) is 10.8. The highest BCUT2D eigenvalue weighted by atomic mass is 32.2. The van der Waals surface area contributed by atoms with E-state index in [1.165, 1.54) is 30.0 Å². The summed E-state index contributed by atoms with van der Waals surface area (Å²) >= 11 is 0. The highest BCUT2D eigenvalue weighted by molar-refractivity contribution is 7.95. The quantitative estimate of drug-likeness (QED) is 0.882. The van der Waals surface area contributed by atoms with Crippen LogP contribution in [0.5, 0.6) is 0 Å². The van der Waals surface area contributed by atoms with Gasteiger partial charge in [0.2, 0.25) is 9.84 Å². The number of benzene rings is 1. The van der Waals surface area contributed by atoms with Gasteiger partial charge in [-0.3, -0.25) is 0 Å². The molecular weight excluding hydrogens is 278 g/mol. The summed E-state index contributed by atoms with van der Waals surface area (Å²) in [6.07, 6.45) is 3.37. The molecule has 106 valence electrons. The minimum absolute atomic E-state index is 0.0465. The molecule has 1 aromatic rings. The van der Waals surface area contributed by atoms with E-state index in [1.54, 1.807) is 0 Å². The molecule has 0 saturated heterocycles.